The highest BCUT2D eigenvalue weighted by atomic mass is 79.9. The van der Waals surface area contributed by atoms with Crippen LogP contribution in [0, 0.1) is 0 Å². The van der Waals surface area contributed by atoms with Crippen molar-refractivity contribution in [3.05, 3.63) is 52.1 Å². The summed E-state index contributed by atoms with van der Waals surface area (Å²) in [7, 11) is 0. The van der Waals surface area contributed by atoms with Crippen molar-refractivity contribution < 1.29 is 9.26 Å². The summed E-state index contributed by atoms with van der Waals surface area (Å²) in [5.41, 5.74) is 2.16. The van der Waals surface area contributed by atoms with Crippen LogP contribution < -0.4 is 0 Å². The standard InChI is InChI=1S/C16H15BrN2O2/c17-13-4-1-3-12(9-13)16(6-2-7-16)15-18-14(21-19-15)11-5-8-20-10-11/h1,3-5,9H,2,6-8,10H2. The first-order valence-electron chi connectivity index (χ1n) is 7.15. The molecule has 1 aliphatic carbocycles. The lowest BCUT2D eigenvalue weighted by Gasteiger charge is -2.39. The Labute approximate surface area is 131 Å². The van der Waals surface area contributed by atoms with Gasteiger partial charge < -0.3 is 9.26 Å². The molecule has 0 spiro atoms. The predicted octanol–water partition coefficient (Wildman–Crippen LogP) is 3.72. The van der Waals surface area contributed by atoms with Crippen LogP contribution in [0.15, 0.2) is 39.3 Å². The van der Waals surface area contributed by atoms with Crippen molar-refractivity contribution in [1.82, 2.24) is 10.1 Å². The lowest BCUT2D eigenvalue weighted by molar-refractivity contribution is 0.214. The predicted molar refractivity (Wildman–Crippen MR) is 81.9 cm³/mol. The molecule has 0 N–H and O–H groups in total. The van der Waals surface area contributed by atoms with Crippen LogP contribution in [0.25, 0.3) is 5.57 Å². The van der Waals surface area contributed by atoms with E-state index >= 15 is 0 Å². The number of nitrogens with zero attached hydrogens (tertiary/aromatic N) is 2. The Morgan fingerprint density at radius 1 is 1.24 bits per heavy atom. The first-order valence-corrected chi connectivity index (χ1v) is 7.95. The molecule has 0 radical (unpaired) electrons. The zero-order valence-corrected chi connectivity index (χ0v) is 13.1. The van der Waals surface area contributed by atoms with Crippen LogP contribution in [-0.4, -0.2) is 23.4 Å². The molecule has 2 heterocycles. The molecule has 1 fully saturated rings. The quantitative estimate of drug-likeness (QED) is 0.849. The van der Waals surface area contributed by atoms with E-state index in [4.69, 9.17) is 9.26 Å². The Morgan fingerprint density at radius 2 is 2.14 bits per heavy atom. The molecule has 2 aliphatic rings. The lowest BCUT2D eigenvalue weighted by atomic mass is 9.64. The van der Waals surface area contributed by atoms with Gasteiger partial charge in [-0.05, 0) is 36.6 Å². The number of aromatic nitrogens is 2. The number of ether oxygens (including phenoxy) is 1. The van der Waals surface area contributed by atoms with Gasteiger partial charge in [0, 0.05) is 10.0 Å². The highest BCUT2D eigenvalue weighted by Crippen LogP contribution is 2.48. The van der Waals surface area contributed by atoms with Gasteiger partial charge in [0.1, 0.15) is 0 Å². The minimum atomic E-state index is -0.0917. The zero-order chi connectivity index (χ0) is 14.3. The minimum absolute atomic E-state index is 0.0917. The van der Waals surface area contributed by atoms with E-state index < -0.39 is 0 Å². The number of rotatable bonds is 3. The number of benzene rings is 1. The number of hydrogen-bond donors (Lipinski definition) is 0. The third-order valence-electron chi connectivity index (χ3n) is 4.42. The Kier molecular flexibility index (Phi) is 3.19. The first-order chi connectivity index (χ1) is 10.3. The zero-order valence-electron chi connectivity index (χ0n) is 11.5. The van der Waals surface area contributed by atoms with E-state index in [2.05, 4.69) is 44.3 Å². The summed E-state index contributed by atoms with van der Waals surface area (Å²) in [6, 6.07) is 8.41. The third kappa shape index (κ3) is 2.15. The SMILES string of the molecule is Brc1cccc(C2(c3noc(C4=CCOC4)n3)CCC2)c1. The van der Waals surface area contributed by atoms with Gasteiger partial charge in [-0.1, -0.05) is 39.6 Å². The van der Waals surface area contributed by atoms with Crippen molar-refractivity contribution in [1.29, 1.82) is 0 Å². The molecule has 0 amide bonds. The molecule has 5 heteroatoms. The van der Waals surface area contributed by atoms with Gasteiger partial charge in [0.2, 0.25) is 0 Å². The molecule has 0 atom stereocenters. The van der Waals surface area contributed by atoms with Crippen molar-refractivity contribution in [2.24, 2.45) is 0 Å². The van der Waals surface area contributed by atoms with Gasteiger partial charge in [-0.25, -0.2) is 0 Å². The van der Waals surface area contributed by atoms with Gasteiger partial charge in [-0.15, -0.1) is 0 Å². The molecule has 1 aromatic heterocycles. The molecule has 4 rings (SSSR count). The summed E-state index contributed by atoms with van der Waals surface area (Å²) < 4.78 is 11.9. The molecule has 4 nitrogen and oxygen atoms in total. The summed E-state index contributed by atoms with van der Waals surface area (Å²) >= 11 is 3.55. The second-order valence-corrected chi connectivity index (χ2v) is 6.53. The van der Waals surface area contributed by atoms with Crippen molar-refractivity contribution in [2.75, 3.05) is 13.2 Å². The molecular formula is C16H15BrN2O2. The molecule has 1 aromatic carbocycles. The molecule has 1 saturated carbocycles. The average molecular weight is 347 g/mol. The monoisotopic (exact) mass is 346 g/mol. The van der Waals surface area contributed by atoms with Crippen molar-refractivity contribution >= 4 is 21.5 Å². The molecular weight excluding hydrogens is 332 g/mol. The van der Waals surface area contributed by atoms with Crippen molar-refractivity contribution in [3.8, 4) is 0 Å². The van der Waals surface area contributed by atoms with Crippen LogP contribution in [-0.2, 0) is 10.2 Å². The Morgan fingerprint density at radius 3 is 2.81 bits per heavy atom. The Balaban J connectivity index is 1.73. The summed E-state index contributed by atoms with van der Waals surface area (Å²) in [4.78, 5) is 4.65. The number of hydrogen-bond acceptors (Lipinski definition) is 4. The van der Waals surface area contributed by atoms with Crippen LogP contribution >= 0.6 is 15.9 Å². The highest BCUT2D eigenvalue weighted by molar-refractivity contribution is 9.10. The fourth-order valence-corrected chi connectivity index (χ4v) is 3.44. The maximum Gasteiger partial charge on any atom is 0.255 e. The fraction of sp³-hybridized carbons (Fsp3) is 0.375. The molecule has 0 saturated heterocycles. The van der Waals surface area contributed by atoms with Crippen LogP contribution in [0.1, 0.15) is 36.5 Å². The van der Waals surface area contributed by atoms with Crippen molar-refractivity contribution in [3.63, 3.8) is 0 Å². The van der Waals surface area contributed by atoms with E-state index in [1.54, 1.807) is 0 Å². The smallest absolute Gasteiger partial charge is 0.255 e. The second kappa shape index (κ2) is 5.07. The molecule has 21 heavy (non-hydrogen) atoms. The van der Waals surface area contributed by atoms with Gasteiger partial charge in [0.05, 0.1) is 18.6 Å². The van der Waals surface area contributed by atoms with Gasteiger partial charge in [-0.3, -0.25) is 0 Å². The fourth-order valence-electron chi connectivity index (χ4n) is 3.04. The summed E-state index contributed by atoms with van der Waals surface area (Å²) in [5, 5.41) is 4.26. The third-order valence-corrected chi connectivity index (χ3v) is 4.91. The summed E-state index contributed by atoms with van der Waals surface area (Å²) in [5.74, 6) is 1.40. The van der Waals surface area contributed by atoms with E-state index in [0.717, 1.165) is 28.7 Å². The Hall–Kier alpha value is -1.46. The molecule has 2 aromatic rings. The van der Waals surface area contributed by atoms with E-state index in [9.17, 15) is 0 Å². The van der Waals surface area contributed by atoms with Crippen LogP contribution in [0.5, 0.6) is 0 Å². The topological polar surface area (TPSA) is 48.2 Å². The first kappa shape index (κ1) is 13.2. The van der Waals surface area contributed by atoms with Gasteiger partial charge in [-0.2, -0.15) is 4.98 Å². The minimum Gasteiger partial charge on any atom is -0.372 e. The van der Waals surface area contributed by atoms with Gasteiger partial charge >= 0.3 is 0 Å². The van der Waals surface area contributed by atoms with Crippen LogP contribution in [0.4, 0.5) is 0 Å². The normalized spacial score (nSPS) is 20.1. The van der Waals surface area contributed by atoms with Crippen LogP contribution in [0.2, 0.25) is 0 Å². The highest BCUT2D eigenvalue weighted by Gasteiger charge is 2.44. The maximum atomic E-state index is 5.46. The largest absolute Gasteiger partial charge is 0.372 e. The van der Waals surface area contributed by atoms with E-state index in [0.29, 0.717) is 19.1 Å². The van der Waals surface area contributed by atoms with E-state index in [-0.39, 0.29) is 5.41 Å². The molecule has 1 aliphatic heterocycles. The maximum absolute atomic E-state index is 5.46. The van der Waals surface area contributed by atoms with E-state index in [1.807, 2.05) is 12.1 Å². The second-order valence-electron chi connectivity index (χ2n) is 5.61. The van der Waals surface area contributed by atoms with Gasteiger partial charge in [0.25, 0.3) is 5.89 Å². The van der Waals surface area contributed by atoms with Gasteiger partial charge in [0.15, 0.2) is 5.82 Å². The van der Waals surface area contributed by atoms with Crippen molar-refractivity contribution in [2.45, 2.75) is 24.7 Å². The average Bonchev–Trinajstić information content (AvgIpc) is 3.08. The number of halogens is 1. The van der Waals surface area contributed by atoms with E-state index in [1.165, 1.54) is 12.0 Å². The summed E-state index contributed by atoms with van der Waals surface area (Å²) in [6.07, 6.45) is 5.34. The lowest BCUT2D eigenvalue weighted by Crippen LogP contribution is -2.36. The molecule has 0 bridgehead atoms. The Bertz CT molecular complexity index is 704. The van der Waals surface area contributed by atoms with Crippen LogP contribution in [0.3, 0.4) is 0 Å². The molecule has 108 valence electrons. The molecule has 0 unspecified atom stereocenters. The summed E-state index contributed by atoms with van der Waals surface area (Å²) in [6.45, 7) is 1.19.